The molecule has 2 aromatic carbocycles. The zero-order valence-electron chi connectivity index (χ0n) is 12.0. The standard InChI is InChI=1S/C16H20N2O2/c1-11(12-7-5-4-6-8-12)18-14-10-16(20-3)15(19-2)9-13(14)17/h4-11,18H,17H2,1-3H3. The molecule has 0 fully saturated rings. The third kappa shape index (κ3) is 2.96. The molecule has 3 N–H and O–H groups in total. The molecule has 2 rings (SSSR count). The lowest BCUT2D eigenvalue weighted by molar-refractivity contribution is 0.355. The maximum Gasteiger partial charge on any atom is 0.162 e. The number of ether oxygens (including phenoxy) is 2. The van der Waals surface area contributed by atoms with Gasteiger partial charge in [-0.05, 0) is 12.5 Å². The summed E-state index contributed by atoms with van der Waals surface area (Å²) in [6, 6.07) is 14.0. The van der Waals surface area contributed by atoms with Crippen molar-refractivity contribution in [1.29, 1.82) is 0 Å². The normalized spacial score (nSPS) is 11.8. The second-order valence-corrected chi connectivity index (χ2v) is 4.57. The van der Waals surface area contributed by atoms with Crippen molar-refractivity contribution in [3.05, 3.63) is 48.0 Å². The van der Waals surface area contributed by atoms with Crippen LogP contribution in [0.2, 0.25) is 0 Å². The quantitative estimate of drug-likeness (QED) is 0.818. The van der Waals surface area contributed by atoms with Gasteiger partial charge in [-0.3, -0.25) is 0 Å². The Kier molecular flexibility index (Phi) is 4.35. The smallest absolute Gasteiger partial charge is 0.162 e. The monoisotopic (exact) mass is 272 g/mol. The number of nitrogens with two attached hydrogens (primary N) is 1. The minimum atomic E-state index is 0.150. The SMILES string of the molecule is COc1cc(N)c(NC(C)c2ccccc2)cc1OC. The molecule has 0 aliphatic rings. The number of hydrogen-bond donors (Lipinski definition) is 2. The summed E-state index contributed by atoms with van der Waals surface area (Å²) in [6.45, 7) is 2.09. The Hall–Kier alpha value is -2.36. The van der Waals surface area contributed by atoms with Gasteiger partial charge in [0.25, 0.3) is 0 Å². The second-order valence-electron chi connectivity index (χ2n) is 4.57. The van der Waals surface area contributed by atoms with E-state index in [0.717, 1.165) is 5.69 Å². The van der Waals surface area contributed by atoms with E-state index in [1.165, 1.54) is 5.56 Å². The number of hydrogen-bond acceptors (Lipinski definition) is 4. The molecule has 4 heteroatoms. The molecule has 0 bridgehead atoms. The van der Waals surface area contributed by atoms with E-state index in [4.69, 9.17) is 15.2 Å². The summed E-state index contributed by atoms with van der Waals surface area (Å²) < 4.78 is 10.5. The highest BCUT2D eigenvalue weighted by Crippen LogP contribution is 2.36. The lowest BCUT2D eigenvalue weighted by atomic mass is 10.1. The molecule has 20 heavy (non-hydrogen) atoms. The van der Waals surface area contributed by atoms with Crippen molar-refractivity contribution in [3.8, 4) is 11.5 Å². The molecule has 0 saturated heterocycles. The molecule has 106 valence electrons. The molecular formula is C16H20N2O2. The minimum absolute atomic E-state index is 0.150. The van der Waals surface area contributed by atoms with Gasteiger partial charge in [-0.2, -0.15) is 0 Å². The molecule has 0 aromatic heterocycles. The maximum atomic E-state index is 6.05. The Bertz CT molecular complexity index is 570. The van der Waals surface area contributed by atoms with E-state index in [2.05, 4.69) is 24.4 Å². The summed E-state index contributed by atoms with van der Waals surface area (Å²) in [5.74, 6) is 1.28. The van der Waals surface area contributed by atoms with Crippen molar-refractivity contribution < 1.29 is 9.47 Å². The summed E-state index contributed by atoms with van der Waals surface area (Å²) in [4.78, 5) is 0. The van der Waals surface area contributed by atoms with Crippen molar-refractivity contribution in [2.75, 3.05) is 25.3 Å². The van der Waals surface area contributed by atoms with Crippen LogP contribution in [-0.2, 0) is 0 Å². The first-order valence-corrected chi connectivity index (χ1v) is 6.48. The number of nitrogen functional groups attached to an aromatic ring is 1. The molecule has 0 amide bonds. The molecule has 0 aliphatic heterocycles. The first kappa shape index (κ1) is 14.1. The molecule has 1 unspecified atom stereocenters. The summed E-state index contributed by atoms with van der Waals surface area (Å²) in [5, 5.41) is 3.39. The first-order valence-electron chi connectivity index (χ1n) is 6.48. The van der Waals surface area contributed by atoms with Gasteiger partial charge in [-0.15, -0.1) is 0 Å². The lowest BCUT2D eigenvalue weighted by Gasteiger charge is -2.19. The number of nitrogens with one attached hydrogen (secondary N) is 1. The Balaban J connectivity index is 2.25. The molecule has 0 heterocycles. The van der Waals surface area contributed by atoms with E-state index in [1.54, 1.807) is 20.3 Å². The van der Waals surface area contributed by atoms with Crippen LogP contribution in [0, 0.1) is 0 Å². The summed E-state index contributed by atoms with van der Waals surface area (Å²) in [5.41, 5.74) is 8.71. The maximum absolute atomic E-state index is 6.05. The van der Waals surface area contributed by atoms with Gasteiger partial charge in [0.1, 0.15) is 0 Å². The van der Waals surface area contributed by atoms with E-state index in [9.17, 15) is 0 Å². The topological polar surface area (TPSA) is 56.5 Å². The molecular weight excluding hydrogens is 252 g/mol. The average molecular weight is 272 g/mol. The van der Waals surface area contributed by atoms with E-state index < -0.39 is 0 Å². The average Bonchev–Trinajstić information content (AvgIpc) is 2.49. The highest BCUT2D eigenvalue weighted by molar-refractivity contribution is 5.72. The number of methoxy groups -OCH3 is 2. The molecule has 4 nitrogen and oxygen atoms in total. The van der Waals surface area contributed by atoms with Crippen LogP contribution in [0.25, 0.3) is 0 Å². The Morgan fingerprint density at radius 1 is 1.00 bits per heavy atom. The van der Waals surface area contributed by atoms with Crippen molar-refractivity contribution in [1.82, 2.24) is 0 Å². The van der Waals surface area contributed by atoms with Crippen molar-refractivity contribution in [2.45, 2.75) is 13.0 Å². The molecule has 2 aromatic rings. The summed E-state index contributed by atoms with van der Waals surface area (Å²) in [6.07, 6.45) is 0. The zero-order valence-corrected chi connectivity index (χ0v) is 12.0. The largest absolute Gasteiger partial charge is 0.493 e. The highest BCUT2D eigenvalue weighted by atomic mass is 16.5. The van der Waals surface area contributed by atoms with Crippen LogP contribution in [0.5, 0.6) is 11.5 Å². The fraction of sp³-hybridized carbons (Fsp3) is 0.250. The van der Waals surface area contributed by atoms with Crippen LogP contribution in [-0.4, -0.2) is 14.2 Å². The van der Waals surface area contributed by atoms with E-state index in [0.29, 0.717) is 17.2 Å². The van der Waals surface area contributed by atoms with Gasteiger partial charge in [0.05, 0.1) is 25.6 Å². The van der Waals surface area contributed by atoms with Crippen LogP contribution < -0.4 is 20.5 Å². The van der Waals surface area contributed by atoms with Gasteiger partial charge in [-0.1, -0.05) is 30.3 Å². The van der Waals surface area contributed by atoms with Crippen LogP contribution >= 0.6 is 0 Å². The fourth-order valence-corrected chi connectivity index (χ4v) is 2.08. The number of benzene rings is 2. The Labute approximate surface area is 119 Å². The minimum Gasteiger partial charge on any atom is -0.493 e. The Morgan fingerprint density at radius 3 is 2.20 bits per heavy atom. The predicted octanol–water partition coefficient (Wildman–Crippen LogP) is 3.46. The lowest BCUT2D eigenvalue weighted by Crippen LogP contribution is -2.08. The van der Waals surface area contributed by atoms with Gasteiger partial charge in [0, 0.05) is 18.2 Å². The van der Waals surface area contributed by atoms with E-state index in [-0.39, 0.29) is 6.04 Å². The van der Waals surface area contributed by atoms with E-state index >= 15 is 0 Å². The van der Waals surface area contributed by atoms with E-state index in [1.807, 2.05) is 24.3 Å². The van der Waals surface area contributed by atoms with Crippen molar-refractivity contribution >= 4 is 11.4 Å². The highest BCUT2D eigenvalue weighted by Gasteiger charge is 2.12. The predicted molar refractivity (Wildman–Crippen MR) is 82.4 cm³/mol. The van der Waals surface area contributed by atoms with Gasteiger partial charge in [-0.25, -0.2) is 0 Å². The van der Waals surface area contributed by atoms with Crippen molar-refractivity contribution in [3.63, 3.8) is 0 Å². The Morgan fingerprint density at radius 2 is 1.60 bits per heavy atom. The van der Waals surface area contributed by atoms with Gasteiger partial charge in [0.15, 0.2) is 11.5 Å². The van der Waals surface area contributed by atoms with Crippen LogP contribution in [0.15, 0.2) is 42.5 Å². The number of anilines is 2. The van der Waals surface area contributed by atoms with Crippen LogP contribution in [0.4, 0.5) is 11.4 Å². The number of rotatable bonds is 5. The fourth-order valence-electron chi connectivity index (χ4n) is 2.08. The third-order valence-corrected chi connectivity index (χ3v) is 3.23. The summed E-state index contributed by atoms with van der Waals surface area (Å²) >= 11 is 0. The third-order valence-electron chi connectivity index (χ3n) is 3.23. The van der Waals surface area contributed by atoms with Gasteiger partial charge in [0.2, 0.25) is 0 Å². The molecule has 0 saturated carbocycles. The molecule has 1 atom stereocenters. The van der Waals surface area contributed by atoms with Crippen molar-refractivity contribution in [2.24, 2.45) is 0 Å². The van der Waals surface area contributed by atoms with Gasteiger partial charge < -0.3 is 20.5 Å². The molecule has 0 spiro atoms. The second kappa shape index (κ2) is 6.19. The first-order chi connectivity index (χ1) is 9.65. The molecule has 0 aliphatic carbocycles. The van der Waals surface area contributed by atoms with Crippen LogP contribution in [0.3, 0.4) is 0 Å². The summed E-state index contributed by atoms with van der Waals surface area (Å²) in [7, 11) is 3.20. The van der Waals surface area contributed by atoms with Gasteiger partial charge >= 0.3 is 0 Å². The zero-order chi connectivity index (χ0) is 14.5. The van der Waals surface area contributed by atoms with Crippen LogP contribution in [0.1, 0.15) is 18.5 Å². The molecule has 0 radical (unpaired) electrons.